The molecule has 0 spiro atoms. The number of carboxylic acids is 1. The summed E-state index contributed by atoms with van der Waals surface area (Å²) in [5.74, 6) is -1.02. The molecule has 0 saturated heterocycles. The third-order valence-electron chi connectivity index (χ3n) is 3.39. The number of carboxylic acid groups (broad SMARTS) is 1. The fourth-order valence-electron chi connectivity index (χ4n) is 2.03. The molecular weight excluding hydrogens is 220 g/mol. The van der Waals surface area contributed by atoms with Crippen LogP contribution in [0.5, 0.6) is 0 Å². The van der Waals surface area contributed by atoms with Crippen LogP contribution >= 0.6 is 0 Å². The van der Waals surface area contributed by atoms with Crippen molar-refractivity contribution < 1.29 is 14.7 Å². The van der Waals surface area contributed by atoms with E-state index in [9.17, 15) is 9.59 Å². The zero-order chi connectivity index (χ0) is 13.1. The molecule has 5 heteroatoms. The van der Waals surface area contributed by atoms with Crippen molar-refractivity contribution in [1.29, 1.82) is 0 Å². The molecule has 1 aliphatic carbocycles. The molecular formula is C12H22N2O3. The first-order valence-corrected chi connectivity index (χ1v) is 6.10. The van der Waals surface area contributed by atoms with Gasteiger partial charge in [-0.3, -0.25) is 4.79 Å². The van der Waals surface area contributed by atoms with Gasteiger partial charge in [0.05, 0.1) is 0 Å². The summed E-state index contributed by atoms with van der Waals surface area (Å²) >= 11 is 0. The Hall–Kier alpha value is -1.26. The maximum Gasteiger partial charge on any atom is 0.325 e. The van der Waals surface area contributed by atoms with Crippen LogP contribution in [-0.2, 0) is 4.79 Å². The van der Waals surface area contributed by atoms with Gasteiger partial charge in [0.2, 0.25) is 0 Å². The summed E-state index contributed by atoms with van der Waals surface area (Å²) in [4.78, 5) is 22.1. The van der Waals surface area contributed by atoms with Gasteiger partial charge in [0.1, 0.15) is 6.04 Å². The van der Waals surface area contributed by atoms with E-state index in [-0.39, 0.29) is 12.1 Å². The predicted molar refractivity (Wildman–Crippen MR) is 64.8 cm³/mol. The first-order valence-electron chi connectivity index (χ1n) is 6.10. The number of hydrogen-bond acceptors (Lipinski definition) is 2. The second-order valence-electron chi connectivity index (χ2n) is 5.62. The molecule has 0 aromatic heterocycles. The highest BCUT2D eigenvalue weighted by Crippen LogP contribution is 2.34. The van der Waals surface area contributed by atoms with Crippen LogP contribution in [0.3, 0.4) is 0 Å². The topological polar surface area (TPSA) is 78.4 Å². The lowest BCUT2D eigenvalue weighted by molar-refractivity contribution is -0.138. The van der Waals surface area contributed by atoms with Gasteiger partial charge >= 0.3 is 12.0 Å². The van der Waals surface area contributed by atoms with Gasteiger partial charge in [0.15, 0.2) is 0 Å². The van der Waals surface area contributed by atoms with Crippen molar-refractivity contribution in [3.63, 3.8) is 0 Å². The Morgan fingerprint density at radius 1 is 1.29 bits per heavy atom. The Morgan fingerprint density at radius 2 is 1.82 bits per heavy atom. The van der Waals surface area contributed by atoms with Crippen molar-refractivity contribution in [2.45, 2.75) is 58.5 Å². The van der Waals surface area contributed by atoms with Crippen molar-refractivity contribution in [1.82, 2.24) is 10.6 Å². The minimum Gasteiger partial charge on any atom is -0.480 e. The molecule has 0 aliphatic heterocycles. The fourth-order valence-corrected chi connectivity index (χ4v) is 2.03. The standard InChI is InChI=1S/C12H22N2O3/c1-8(10(15)16)13-11(17)14-9-4-6-12(2,3)7-5-9/h8-9H,4-7H2,1-3H3,(H,15,16)(H2,13,14,17)/t8-/m1/s1. The van der Waals surface area contributed by atoms with Crippen LogP contribution in [0.25, 0.3) is 0 Å². The maximum absolute atomic E-state index is 11.5. The quantitative estimate of drug-likeness (QED) is 0.705. The largest absolute Gasteiger partial charge is 0.480 e. The summed E-state index contributed by atoms with van der Waals surface area (Å²) < 4.78 is 0. The minimum atomic E-state index is -1.02. The number of carbonyl (C=O) groups excluding carboxylic acids is 1. The molecule has 0 aromatic carbocycles. The van der Waals surface area contributed by atoms with E-state index in [0.717, 1.165) is 25.7 Å². The molecule has 17 heavy (non-hydrogen) atoms. The second-order valence-corrected chi connectivity index (χ2v) is 5.62. The Balaban J connectivity index is 2.31. The van der Waals surface area contributed by atoms with Gasteiger partial charge in [0.25, 0.3) is 0 Å². The van der Waals surface area contributed by atoms with Gasteiger partial charge in [-0.1, -0.05) is 13.8 Å². The smallest absolute Gasteiger partial charge is 0.325 e. The van der Waals surface area contributed by atoms with Crippen LogP contribution in [0.2, 0.25) is 0 Å². The highest BCUT2D eigenvalue weighted by atomic mass is 16.4. The van der Waals surface area contributed by atoms with E-state index in [0.29, 0.717) is 5.41 Å². The van der Waals surface area contributed by atoms with Crippen LogP contribution < -0.4 is 10.6 Å². The molecule has 0 bridgehead atoms. The highest BCUT2D eigenvalue weighted by Gasteiger charge is 2.27. The summed E-state index contributed by atoms with van der Waals surface area (Å²) in [6, 6.07) is -1.07. The van der Waals surface area contributed by atoms with Crippen molar-refractivity contribution >= 4 is 12.0 Å². The van der Waals surface area contributed by atoms with E-state index in [2.05, 4.69) is 24.5 Å². The van der Waals surface area contributed by atoms with Gasteiger partial charge in [-0.25, -0.2) is 4.79 Å². The zero-order valence-corrected chi connectivity index (χ0v) is 10.7. The van der Waals surface area contributed by atoms with E-state index in [1.807, 2.05) is 0 Å². The van der Waals surface area contributed by atoms with Crippen LogP contribution in [0.4, 0.5) is 4.79 Å². The molecule has 0 heterocycles. The highest BCUT2D eigenvalue weighted by molar-refractivity contribution is 5.82. The maximum atomic E-state index is 11.5. The molecule has 1 saturated carbocycles. The SMILES string of the molecule is C[C@@H](NC(=O)NC1CCC(C)(C)CC1)C(=O)O. The average molecular weight is 242 g/mol. The number of rotatable bonds is 3. The fraction of sp³-hybridized carbons (Fsp3) is 0.833. The Kier molecular flexibility index (Phi) is 4.37. The average Bonchev–Trinajstić information content (AvgIpc) is 2.21. The summed E-state index contributed by atoms with van der Waals surface area (Å²) in [6.07, 6.45) is 4.10. The Bertz CT molecular complexity index is 292. The third-order valence-corrected chi connectivity index (χ3v) is 3.39. The molecule has 98 valence electrons. The molecule has 1 rings (SSSR count). The van der Waals surface area contributed by atoms with Crippen molar-refractivity contribution in [3.05, 3.63) is 0 Å². The Morgan fingerprint density at radius 3 is 2.29 bits per heavy atom. The molecule has 1 atom stereocenters. The number of amides is 2. The molecule has 3 N–H and O–H groups in total. The zero-order valence-electron chi connectivity index (χ0n) is 10.7. The Labute approximate surface area is 102 Å². The van der Waals surface area contributed by atoms with Gasteiger partial charge in [-0.15, -0.1) is 0 Å². The summed E-state index contributed by atoms with van der Waals surface area (Å²) in [7, 11) is 0. The molecule has 2 amide bonds. The molecule has 1 fully saturated rings. The van der Waals surface area contributed by atoms with Crippen LogP contribution in [0.1, 0.15) is 46.5 Å². The lowest BCUT2D eigenvalue weighted by atomic mass is 9.76. The van der Waals surface area contributed by atoms with Crippen LogP contribution in [0, 0.1) is 5.41 Å². The second kappa shape index (κ2) is 5.38. The lowest BCUT2D eigenvalue weighted by Crippen LogP contribution is -2.49. The number of carbonyl (C=O) groups is 2. The van der Waals surface area contributed by atoms with E-state index in [1.165, 1.54) is 6.92 Å². The van der Waals surface area contributed by atoms with Gasteiger partial charge in [-0.2, -0.15) is 0 Å². The lowest BCUT2D eigenvalue weighted by Gasteiger charge is -2.34. The first kappa shape index (κ1) is 13.8. The molecule has 0 radical (unpaired) electrons. The van der Waals surface area contributed by atoms with Crippen molar-refractivity contribution in [3.8, 4) is 0 Å². The predicted octanol–water partition coefficient (Wildman–Crippen LogP) is 1.73. The number of urea groups is 1. The molecule has 1 aliphatic rings. The van der Waals surface area contributed by atoms with E-state index in [1.54, 1.807) is 0 Å². The molecule has 0 unspecified atom stereocenters. The molecule has 0 aromatic rings. The van der Waals surface area contributed by atoms with Crippen LogP contribution in [0.15, 0.2) is 0 Å². The first-order chi connectivity index (χ1) is 7.80. The van der Waals surface area contributed by atoms with E-state index >= 15 is 0 Å². The number of hydrogen-bond donors (Lipinski definition) is 3. The summed E-state index contributed by atoms with van der Waals surface area (Å²) in [5.41, 5.74) is 0.364. The third kappa shape index (κ3) is 4.63. The van der Waals surface area contributed by atoms with E-state index < -0.39 is 12.0 Å². The van der Waals surface area contributed by atoms with Crippen molar-refractivity contribution in [2.75, 3.05) is 0 Å². The minimum absolute atomic E-state index is 0.170. The van der Waals surface area contributed by atoms with Gasteiger partial charge in [0, 0.05) is 6.04 Å². The van der Waals surface area contributed by atoms with Crippen molar-refractivity contribution in [2.24, 2.45) is 5.41 Å². The number of aliphatic carboxylic acids is 1. The number of nitrogens with one attached hydrogen (secondary N) is 2. The van der Waals surface area contributed by atoms with Gasteiger partial charge < -0.3 is 15.7 Å². The van der Waals surface area contributed by atoms with Crippen LogP contribution in [-0.4, -0.2) is 29.2 Å². The molecule has 5 nitrogen and oxygen atoms in total. The normalized spacial score (nSPS) is 21.6. The van der Waals surface area contributed by atoms with Gasteiger partial charge in [-0.05, 0) is 38.0 Å². The summed E-state index contributed by atoms with van der Waals surface area (Å²) in [6.45, 7) is 5.91. The van der Waals surface area contributed by atoms with E-state index in [4.69, 9.17) is 5.11 Å². The monoisotopic (exact) mass is 242 g/mol. The summed E-state index contributed by atoms with van der Waals surface area (Å²) in [5, 5.41) is 13.9.